The largest absolute Gasteiger partial charge is 0.413 e. The lowest BCUT2D eigenvalue weighted by molar-refractivity contribution is -0.115. The van der Waals surface area contributed by atoms with Crippen molar-refractivity contribution in [2.75, 3.05) is 0 Å². The molecule has 0 amide bonds. The number of carbonyl (C=O) groups excluding carboxylic acids is 2. The van der Waals surface area contributed by atoms with Crippen molar-refractivity contribution in [3.8, 4) is 0 Å². The molecule has 0 radical (unpaired) electrons. The number of hydrogen-bond donors (Lipinski definition) is 0. The van der Waals surface area contributed by atoms with Gasteiger partial charge >= 0.3 is 0 Å². The molecule has 0 heterocycles. The summed E-state index contributed by atoms with van der Waals surface area (Å²) in [6, 6.07) is 0. The van der Waals surface area contributed by atoms with E-state index in [-0.39, 0.29) is 17.1 Å². The van der Waals surface area contributed by atoms with Crippen LogP contribution >= 0.6 is 0 Å². The highest BCUT2D eigenvalue weighted by Gasteiger charge is 2.42. The lowest BCUT2D eigenvalue weighted by atomic mass is 9.80. The van der Waals surface area contributed by atoms with Gasteiger partial charge < -0.3 is 9.22 Å². The Bertz CT molecular complexity index is 488. The second-order valence-electron chi connectivity index (χ2n) is 9.31. The summed E-state index contributed by atoms with van der Waals surface area (Å²) in [7, 11) is -1.96. The average Bonchev–Trinajstić information content (AvgIpc) is 2.57. The lowest BCUT2D eigenvalue weighted by Crippen LogP contribution is -2.47. The van der Waals surface area contributed by atoms with Crippen LogP contribution in [0, 0.1) is 5.92 Å². The van der Waals surface area contributed by atoms with Crippen LogP contribution in [0.25, 0.3) is 0 Å². The van der Waals surface area contributed by atoms with E-state index in [2.05, 4.69) is 40.8 Å². The predicted molar refractivity (Wildman–Crippen MR) is 112 cm³/mol. The highest BCUT2D eigenvalue weighted by molar-refractivity contribution is 6.74. The minimum Gasteiger partial charge on any atom is -0.413 e. The first-order chi connectivity index (χ1) is 12.2. The molecule has 4 heteroatoms. The van der Waals surface area contributed by atoms with Crippen LogP contribution in [0.1, 0.15) is 85.5 Å². The highest BCUT2D eigenvalue weighted by atomic mass is 28.4. The quantitative estimate of drug-likeness (QED) is 0.242. The zero-order valence-electron chi connectivity index (χ0n) is 17.9. The third-order valence-electron chi connectivity index (χ3n) is 6.26. The monoisotopic (exact) mass is 380 g/mol. The van der Waals surface area contributed by atoms with Crippen LogP contribution in [0.5, 0.6) is 0 Å². The predicted octanol–water partition coefficient (Wildman–Crippen LogP) is 6.23. The SMILES string of the molecule is CCCCCCCCC1=C(C=O)C(C=O)C(O[Si](C)(C)C(C)(C)C)CC1. The van der Waals surface area contributed by atoms with Crippen molar-refractivity contribution < 1.29 is 14.0 Å². The summed E-state index contributed by atoms with van der Waals surface area (Å²) in [5.74, 6) is -0.384. The van der Waals surface area contributed by atoms with Crippen LogP contribution < -0.4 is 0 Å². The molecule has 26 heavy (non-hydrogen) atoms. The van der Waals surface area contributed by atoms with E-state index in [4.69, 9.17) is 4.43 Å². The van der Waals surface area contributed by atoms with E-state index in [1.54, 1.807) is 0 Å². The molecule has 0 aliphatic heterocycles. The van der Waals surface area contributed by atoms with Crippen LogP contribution in [0.3, 0.4) is 0 Å². The van der Waals surface area contributed by atoms with Crippen LogP contribution in [0.4, 0.5) is 0 Å². The zero-order valence-corrected chi connectivity index (χ0v) is 18.9. The molecule has 2 atom stereocenters. The summed E-state index contributed by atoms with van der Waals surface area (Å²) in [5, 5.41) is 0.101. The Balaban J connectivity index is 2.76. The lowest BCUT2D eigenvalue weighted by Gasteiger charge is -2.42. The standard InChI is InChI=1S/C22H40O3Si/c1-7-8-9-10-11-12-13-18-14-15-21(20(17-24)19(18)16-23)25-26(5,6)22(2,3)4/h16-17,20-21H,7-15H2,1-6H3. The summed E-state index contributed by atoms with van der Waals surface area (Å²) < 4.78 is 6.51. The average molecular weight is 381 g/mol. The van der Waals surface area contributed by atoms with Crippen molar-refractivity contribution >= 4 is 20.9 Å². The van der Waals surface area contributed by atoms with Gasteiger partial charge in [0, 0.05) is 5.57 Å². The van der Waals surface area contributed by atoms with Crippen molar-refractivity contribution in [2.24, 2.45) is 5.92 Å². The van der Waals surface area contributed by atoms with Gasteiger partial charge in [-0.1, -0.05) is 65.4 Å². The van der Waals surface area contributed by atoms with Gasteiger partial charge in [0.05, 0.1) is 12.0 Å². The molecule has 0 spiro atoms. The molecule has 1 aliphatic carbocycles. The number of unbranched alkanes of at least 4 members (excludes halogenated alkanes) is 5. The van der Waals surface area contributed by atoms with Crippen molar-refractivity contribution in [3.05, 3.63) is 11.1 Å². The molecule has 0 aromatic heterocycles. The number of allylic oxidation sites excluding steroid dienone is 1. The Morgan fingerprint density at radius 3 is 2.23 bits per heavy atom. The molecule has 0 bridgehead atoms. The molecule has 0 N–H and O–H groups in total. The van der Waals surface area contributed by atoms with Crippen molar-refractivity contribution in [1.29, 1.82) is 0 Å². The van der Waals surface area contributed by atoms with Crippen LogP contribution in [0.2, 0.25) is 18.1 Å². The van der Waals surface area contributed by atoms with E-state index in [0.717, 1.165) is 38.3 Å². The molecule has 150 valence electrons. The Morgan fingerprint density at radius 2 is 1.69 bits per heavy atom. The van der Waals surface area contributed by atoms with Gasteiger partial charge in [0.25, 0.3) is 0 Å². The Labute approximate surface area is 162 Å². The molecule has 0 aromatic rings. The fraction of sp³-hybridized carbons (Fsp3) is 0.818. The first-order valence-corrected chi connectivity index (χ1v) is 13.4. The van der Waals surface area contributed by atoms with E-state index in [9.17, 15) is 9.59 Å². The smallest absolute Gasteiger partial charge is 0.192 e. The summed E-state index contributed by atoms with van der Waals surface area (Å²) in [5.41, 5.74) is 1.91. The Hall–Kier alpha value is -0.743. The van der Waals surface area contributed by atoms with Crippen LogP contribution in [-0.4, -0.2) is 27.0 Å². The number of carbonyl (C=O) groups is 2. The van der Waals surface area contributed by atoms with E-state index in [1.807, 2.05) is 0 Å². The molecule has 0 saturated carbocycles. The van der Waals surface area contributed by atoms with Crippen LogP contribution in [-0.2, 0) is 14.0 Å². The summed E-state index contributed by atoms with van der Waals surface area (Å²) in [6.45, 7) is 13.3. The molecule has 1 rings (SSSR count). The molecular formula is C22H40O3Si. The number of rotatable bonds is 11. The highest BCUT2D eigenvalue weighted by Crippen LogP contribution is 2.41. The minimum atomic E-state index is -1.96. The number of hydrogen-bond acceptors (Lipinski definition) is 3. The second-order valence-corrected chi connectivity index (χ2v) is 14.1. The summed E-state index contributed by atoms with van der Waals surface area (Å²) in [6.07, 6.45) is 11.9. The first kappa shape index (κ1) is 23.3. The van der Waals surface area contributed by atoms with E-state index < -0.39 is 8.32 Å². The number of aldehydes is 2. The molecular weight excluding hydrogens is 340 g/mol. The van der Waals surface area contributed by atoms with Crippen molar-refractivity contribution in [1.82, 2.24) is 0 Å². The molecule has 1 aliphatic rings. The Kier molecular flexibility index (Phi) is 9.46. The van der Waals surface area contributed by atoms with Gasteiger partial charge in [0.2, 0.25) is 0 Å². The maximum atomic E-state index is 11.8. The van der Waals surface area contributed by atoms with Crippen molar-refractivity contribution in [3.63, 3.8) is 0 Å². The van der Waals surface area contributed by atoms with E-state index >= 15 is 0 Å². The maximum absolute atomic E-state index is 11.8. The van der Waals surface area contributed by atoms with Gasteiger partial charge in [-0.15, -0.1) is 0 Å². The van der Waals surface area contributed by atoms with Gasteiger partial charge in [-0.25, -0.2) is 0 Å². The Morgan fingerprint density at radius 1 is 1.08 bits per heavy atom. The third-order valence-corrected chi connectivity index (χ3v) is 10.8. The van der Waals surface area contributed by atoms with E-state index in [1.165, 1.54) is 37.7 Å². The normalized spacial score (nSPS) is 21.8. The fourth-order valence-corrected chi connectivity index (χ4v) is 4.85. The first-order valence-electron chi connectivity index (χ1n) is 10.5. The zero-order chi connectivity index (χ0) is 19.8. The molecule has 3 nitrogen and oxygen atoms in total. The topological polar surface area (TPSA) is 43.4 Å². The van der Waals surface area contributed by atoms with E-state index in [0.29, 0.717) is 5.57 Å². The molecule has 0 aromatic carbocycles. The van der Waals surface area contributed by atoms with Gasteiger partial charge in [-0.3, -0.25) is 4.79 Å². The van der Waals surface area contributed by atoms with Gasteiger partial charge in [-0.05, 0) is 43.8 Å². The molecule has 2 unspecified atom stereocenters. The molecule has 0 fully saturated rings. The van der Waals surface area contributed by atoms with Gasteiger partial charge in [0.1, 0.15) is 12.6 Å². The maximum Gasteiger partial charge on any atom is 0.192 e. The molecule has 0 saturated heterocycles. The summed E-state index contributed by atoms with van der Waals surface area (Å²) >= 11 is 0. The summed E-state index contributed by atoms with van der Waals surface area (Å²) in [4.78, 5) is 23.6. The minimum absolute atomic E-state index is 0.101. The second kappa shape index (κ2) is 10.6. The van der Waals surface area contributed by atoms with Gasteiger partial charge in [0.15, 0.2) is 8.32 Å². The third kappa shape index (κ3) is 6.45. The van der Waals surface area contributed by atoms with Gasteiger partial charge in [-0.2, -0.15) is 0 Å². The van der Waals surface area contributed by atoms with Crippen LogP contribution in [0.15, 0.2) is 11.1 Å². The van der Waals surface area contributed by atoms with Crippen molar-refractivity contribution in [2.45, 2.75) is 110 Å². The fourth-order valence-electron chi connectivity index (χ4n) is 3.47.